The van der Waals surface area contributed by atoms with Gasteiger partial charge in [0.25, 0.3) is 5.69 Å². The number of rotatable bonds is 2. The fourth-order valence-electron chi connectivity index (χ4n) is 1.77. The molecular formula is C13H12N2O2. The summed E-state index contributed by atoms with van der Waals surface area (Å²) in [7, 11) is 0. The molecule has 0 bridgehead atoms. The first-order valence-corrected chi connectivity index (χ1v) is 5.19. The molecule has 0 aliphatic heterocycles. The molecule has 2 aromatic carbocycles. The highest BCUT2D eigenvalue weighted by molar-refractivity contribution is 5.80. The maximum absolute atomic E-state index is 10.7. The maximum atomic E-state index is 10.7. The van der Waals surface area contributed by atoms with E-state index in [1.165, 1.54) is 12.1 Å². The van der Waals surface area contributed by atoms with Crippen LogP contribution in [0.1, 0.15) is 5.56 Å². The van der Waals surface area contributed by atoms with Crippen LogP contribution in [-0.2, 0) is 0 Å². The molecule has 2 rings (SSSR count). The van der Waals surface area contributed by atoms with Gasteiger partial charge in [-0.1, -0.05) is 24.3 Å². The zero-order valence-corrected chi connectivity index (χ0v) is 9.38. The second-order valence-corrected chi connectivity index (χ2v) is 3.84. The Hall–Kier alpha value is -2.36. The van der Waals surface area contributed by atoms with E-state index in [9.17, 15) is 10.1 Å². The van der Waals surface area contributed by atoms with E-state index in [-0.39, 0.29) is 5.69 Å². The predicted molar refractivity (Wildman–Crippen MR) is 67.7 cm³/mol. The van der Waals surface area contributed by atoms with Gasteiger partial charge in [0.1, 0.15) is 0 Å². The van der Waals surface area contributed by atoms with Crippen molar-refractivity contribution in [1.29, 1.82) is 0 Å². The van der Waals surface area contributed by atoms with Gasteiger partial charge < -0.3 is 5.73 Å². The topological polar surface area (TPSA) is 69.2 Å². The van der Waals surface area contributed by atoms with E-state index in [0.29, 0.717) is 11.3 Å². The highest BCUT2D eigenvalue weighted by Crippen LogP contribution is 2.31. The number of hydrogen-bond donors (Lipinski definition) is 1. The average Bonchev–Trinajstić information content (AvgIpc) is 2.30. The summed E-state index contributed by atoms with van der Waals surface area (Å²) in [6, 6.07) is 12.2. The Balaban J connectivity index is 2.63. The summed E-state index contributed by atoms with van der Waals surface area (Å²) in [5.41, 5.74) is 9.14. The van der Waals surface area contributed by atoms with Crippen molar-refractivity contribution in [3.05, 3.63) is 58.1 Å². The van der Waals surface area contributed by atoms with E-state index in [1.807, 2.05) is 31.2 Å². The Labute approximate surface area is 98.8 Å². The SMILES string of the molecule is Cc1ccccc1-c1cc([N+](=O)[O-])ccc1N. The zero-order chi connectivity index (χ0) is 12.4. The van der Waals surface area contributed by atoms with Crippen LogP contribution in [0.25, 0.3) is 11.1 Å². The zero-order valence-electron chi connectivity index (χ0n) is 9.38. The second-order valence-electron chi connectivity index (χ2n) is 3.84. The molecule has 0 aliphatic rings. The van der Waals surface area contributed by atoms with Crippen molar-refractivity contribution in [2.24, 2.45) is 0 Å². The third kappa shape index (κ3) is 2.10. The summed E-state index contributed by atoms with van der Waals surface area (Å²) in [5.74, 6) is 0. The molecule has 0 aromatic heterocycles. The molecule has 0 amide bonds. The van der Waals surface area contributed by atoms with Crippen molar-refractivity contribution in [1.82, 2.24) is 0 Å². The summed E-state index contributed by atoms with van der Waals surface area (Å²) in [6.07, 6.45) is 0. The Kier molecular flexibility index (Phi) is 2.78. The van der Waals surface area contributed by atoms with Crippen molar-refractivity contribution >= 4 is 11.4 Å². The molecule has 0 fully saturated rings. The Bertz CT molecular complexity index is 579. The molecule has 17 heavy (non-hydrogen) atoms. The van der Waals surface area contributed by atoms with Crippen LogP contribution in [0.3, 0.4) is 0 Å². The van der Waals surface area contributed by atoms with Gasteiger partial charge in [-0.15, -0.1) is 0 Å². The minimum atomic E-state index is -0.415. The Morgan fingerprint density at radius 2 is 1.82 bits per heavy atom. The molecule has 2 aromatic rings. The quantitative estimate of drug-likeness (QED) is 0.487. The van der Waals surface area contributed by atoms with Gasteiger partial charge in [0.2, 0.25) is 0 Å². The number of benzene rings is 2. The van der Waals surface area contributed by atoms with E-state index in [4.69, 9.17) is 5.73 Å². The summed E-state index contributed by atoms with van der Waals surface area (Å²) in [6.45, 7) is 1.95. The molecule has 0 spiro atoms. The molecule has 4 nitrogen and oxygen atoms in total. The summed E-state index contributed by atoms with van der Waals surface area (Å²) in [5, 5.41) is 10.7. The van der Waals surface area contributed by atoms with Crippen LogP contribution in [0.15, 0.2) is 42.5 Å². The standard InChI is InChI=1S/C13H12N2O2/c1-9-4-2-3-5-11(9)12-8-10(15(16)17)6-7-13(12)14/h2-8H,14H2,1H3. The normalized spacial score (nSPS) is 10.2. The van der Waals surface area contributed by atoms with E-state index in [2.05, 4.69) is 0 Å². The van der Waals surface area contributed by atoms with Crippen molar-refractivity contribution in [3.8, 4) is 11.1 Å². The van der Waals surface area contributed by atoms with Gasteiger partial charge in [-0.25, -0.2) is 0 Å². The van der Waals surface area contributed by atoms with Crippen molar-refractivity contribution < 1.29 is 4.92 Å². The maximum Gasteiger partial charge on any atom is 0.270 e. The van der Waals surface area contributed by atoms with E-state index >= 15 is 0 Å². The number of anilines is 1. The molecule has 2 N–H and O–H groups in total. The molecule has 0 heterocycles. The van der Waals surface area contributed by atoms with Gasteiger partial charge in [0.15, 0.2) is 0 Å². The number of nitro groups is 1. The van der Waals surface area contributed by atoms with Gasteiger partial charge in [-0.05, 0) is 24.1 Å². The lowest BCUT2D eigenvalue weighted by Crippen LogP contribution is -1.94. The van der Waals surface area contributed by atoms with Crippen LogP contribution < -0.4 is 5.73 Å². The van der Waals surface area contributed by atoms with Crippen molar-refractivity contribution in [3.63, 3.8) is 0 Å². The number of nitrogens with zero attached hydrogens (tertiary/aromatic N) is 1. The molecule has 86 valence electrons. The summed E-state index contributed by atoms with van der Waals surface area (Å²) < 4.78 is 0. The lowest BCUT2D eigenvalue weighted by atomic mass is 9.99. The average molecular weight is 228 g/mol. The van der Waals surface area contributed by atoms with Crippen molar-refractivity contribution in [2.45, 2.75) is 6.92 Å². The molecule has 0 saturated carbocycles. The van der Waals surface area contributed by atoms with Crippen LogP contribution in [0.2, 0.25) is 0 Å². The first-order valence-electron chi connectivity index (χ1n) is 5.19. The summed E-state index contributed by atoms with van der Waals surface area (Å²) >= 11 is 0. The Morgan fingerprint density at radius 1 is 1.12 bits per heavy atom. The van der Waals surface area contributed by atoms with Gasteiger partial charge in [0.05, 0.1) is 4.92 Å². The molecular weight excluding hydrogens is 216 g/mol. The fraction of sp³-hybridized carbons (Fsp3) is 0.0769. The molecule has 0 radical (unpaired) electrons. The third-order valence-electron chi connectivity index (χ3n) is 2.68. The minimum Gasteiger partial charge on any atom is -0.398 e. The van der Waals surface area contributed by atoms with Crippen molar-refractivity contribution in [2.75, 3.05) is 5.73 Å². The van der Waals surface area contributed by atoms with Gasteiger partial charge in [-0.2, -0.15) is 0 Å². The van der Waals surface area contributed by atoms with Crippen LogP contribution in [0.5, 0.6) is 0 Å². The van der Waals surface area contributed by atoms with E-state index in [1.54, 1.807) is 6.07 Å². The second kappa shape index (κ2) is 4.25. The molecule has 0 atom stereocenters. The fourth-order valence-corrected chi connectivity index (χ4v) is 1.77. The molecule has 0 aliphatic carbocycles. The smallest absolute Gasteiger partial charge is 0.270 e. The number of hydrogen-bond acceptors (Lipinski definition) is 3. The number of aryl methyl sites for hydroxylation is 1. The number of nitrogen functional groups attached to an aromatic ring is 1. The van der Waals surface area contributed by atoms with Gasteiger partial charge >= 0.3 is 0 Å². The first-order chi connectivity index (χ1) is 8.09. The van der Waals surface area contributed by atoms with Gasteiger partial charge in [-0.3, -0.25) is 10.1 Å². The number of non-ortho nitro benzene ring substituents is 1. The van der Waals surface area contributed by atoms with Crippen LogP contribution in [0.4, 0.5) is 11.4 Å². The monoisotopic (exact) mass is 228 g/mol. The lowest BCUT2D eigenvalue weighted by molar-refractivity contribution is -0.384. The molecule has 0 unspecified atom stereocenters. The van der Waals surface area contributed by atoms with Crippen LogP contribution >= 0.6 is 0 Å². The predicted octanol–water partition coefficient (Wildman–Crippen LogP) is 3.15. The largest absolute Gasteiger partial charge is 0.398 e. The van der Waals surface area contributed by atoms with Crippen LogP contribution in [-0.4, -0.2) is 4.92 Å². The Morgan fingerprint density at radius 3 is 2.47 bits per heavy atom. The highest BCUT2D eigenvalue weighted by Gasteiger charge is 2.11. The van der Waals surface area contributed by atoms with E-state index in [0.717, 1.165) is 11.1 Å². The van der Waals surface area contributed by atoms with Gasteiger partial charge in [0, 0.05) is 23.4 Å². The first kappa shape index (κ1) is 11.1. The van der Waals surface area contributed by atoms with E-state index < -0.39 is 4.92 Å². The summed E-state index contributed by atoms with van der Waals surface area (Å²) in [4.78, 5) is 10.3. The van der Waals surface area contributed by atoms with Crippen LogP contribution in [0, 0.1) is 17.0 Å². The molecule has 4 heteroatoms. The molecule has 0 saturated heterocycles. The number of nitrogens with two attached hydrogens (primary N) is 1. The lowest BCUT2D eigenvalue weighted by Gasteiger charge is -2.08. The number of nitro benzene ring substituents is 1. The highest BCUT2D eigenvalue weighted by atomic mass is 16.6. The minimum absolute atomic E-state index is 0.0532. The third-order valence-corrected chi connectivity index (χ3v) is 2.68.